The number of piperidine rings is 2. The predicted octanol–water partition coefficient (Wildman–Crippen LogP) is 1.46. The lowest BCUT2D eigenvalue weighted by atomic mass is 9.75. The Morgan fingerprint density at radius 2 is 1.71 bits per heavy atom. The van der Waals surface area contributed by atoms with Gasteiger partial charge in [0.2, 0.25) is 5.91 Å². The minimum absolute atomic E-state index is 0.0619. The number of fused-ring (bicyclic) bond motifs is 2. The number of rotatable bonds is 9. The van der Waals surface area contributed by atoms with Crippen LogP contribution >= 0.6 is 0 Å². The van der Waals surface area contributed by atoms with Crippen LogP contribution in [0.3, 0.4) is 0 Å². The van der Waals surface area contributed by atoms with Crippen molar-refractivity contribution >= 4 is 34.3 Å². The molecule has 3 amide bonds. The number of carboxylic acids is 1. The molecule has 3 N–H and O–H groups in total. The first-order valence-corrected chi connectivity index (χ1v) is 15.2. The van der Waals surface area contributed by atoms with Crippen LogP contribution in [-0.4, -0.2) is 105 Å². The summed E-state index contributed by atoms with van der Waals surface area (Å²) in [7, 11) is -4.62. The zero-order valence-electron chi connectivity index (χ0n) is 23.2. The number of nitrogens with zero attached hydrogens (tertiary/aromatic N) is 2. The summed E-state index contributed by atoms with van der Waals surface area (Å²) in [6, 6.07) is -1.78. The number of carbonyl (C=O) groups excluding carboxylic acids is 3. The number of alkyl halides is 3. The summed E-state index contributed by atoms with van der Waals surface area (Å²) < 4.78 is 72.5. The number of aliphatic carboxylic acids is 1. The molecule has 0 spiro atoms. The van der Waals surface area contributed by atoms with Crippen LogP contribution in [0.15, 0.2) is 0 Å². The third kappa shape index (κ3) is 8.67. The Hall–Kier alpha value is -2.70. The summed E-state index contributed by atoms with van der Waals surface area (Å²) in [6.45, 7) is 3.35. The number of hydrogen-bond donors (Lipinski definition) is 3. The minimum Gasteiger partial charge on any atom is -0.475 e. The molecule has 0 aromatic carbocycles. The van der Waals surface area contributed by atoms with Gasteiger partial charge in [0.05, 0.1) is 24.7 Å². The molecule has 0 aromatic heterocycles. The Labute approximate surface area is 241 Å². The van der Waals surface area contributed by atoms with Crippen LogP contribution in [0.4, 0.5) is 18.0 Å². The summed E-state index contributed by atoms with van der Waals surface area (Å²) in [4.78, 5) is 48.7. The minimum atomic E-state index is -5.08. The lowest BCUT2D eigenvalue weighted by molar-refractivity contribution is -0.192. The highest BCUT2D eigenvalue weighted by Crippen LogP contribution is 2.39. The van der Waals surface area contributed by atoms with E-state index in [9.17, 15) is 36.0 Å². The molecule has 4 rings (SSSR count). The van der Waals surface area contributed by atoms with Gasteiger partial charge in [-0.25, -0.2) is 13.8 Å². The molecule has 0 radical (unpaired) electrons. The monoisotopic (exact) mass is 630 g/mol. The molecule has 2 bridgehead atoms. The summed E-state index contributed by atoms with van der Waals surface area (Å²) in [5.74, 6) is -3.46. The van der Waals surface area contributed by atoms with E-state index in [0.29, 0.717) is 25.7 Å². The number of hydroxylamine groups is 2. The lowest BCUT2D eigenvalue weighted by Gasteiger charge is -2.34. The van der Waals surface area contributed by atoms with Gasteiger partial charge in [0.15, 0.2) is 0 Å². The molecule has 240 valence electrons. The van der Waals surface area contributed by atoms with Crippen molar-refractivity contribution in [1.82, 2.24) is 20.6 Å². The van der Waals surface area contributed by atoms with Gasteiger partial charge in [0.1, 0.15) is 6.04 Å². The van der Waals surface area contributed by atoms with Gasteiger partial charge < -0.3 is 25.4 Å². The number of carbonyl (C=O) groups is 4. The predicted molar refractivity (Wildman–Crippen MR) is 137 cm³/mol. The van der Waals surface area contributed by atoms with Gasteiger partial charge in [-0.3, -0.25) is 9.59 Å². The highest BCUT2D eigenvalue weighted by Gasteiger charge is 2.50. The van der Waals surface area contributed by atoms with Crippen LogP contribution in [0.25, 0.3) is 0 Å². The van der Waals surface area contributed by atoms with Gasteiger partial charge in [0, 0.05) is 12.6 Å². The van der Waals surface area contributed by atoms with Crippen LogP contribution in [0.2, 0.25) is 0 Å². The normalized spacial score (nSPS) is 24.4. The van der Waals surface area contributed by atoms with Crippen LogP contribution in [-0.2, 0) is 38.0 Å². The molecule has 1 saturated carbocycles. The fourth-order valence-corrected chi connectivity index (χ4v) is 6.29. The van der Waals surface area contributed by atoms with E-state index in [0.717, 1.165) is 50.3 Å². The van der Waals surface area contributed by atoms with Crippen molar-refractivity contribution in [2.24, 2.45) is 5.41 Å². The Balaban J connectivity index is 0.000000616. The Kier molecular flexibility index (Phi) is 11.4. The van der Waals surface area contributed by atoms with Crippen LogP contribution in [0.5, 0.6) is 0 Å². The van der Waals surface area contributed by atoms with Gasteiger partial charge in [0.25, 0.3) is 0 Å². The van der Waals surface area contributed by atoms with E-state index in [1.165, 1.54) is 4.90 Å². The second kappa shape index (κ2) is 14.2. The average Bonchev–Trinajstić information content (AvgIpc) is 3.17. The fraction of sp³-hybridized carbons (Fsp3) is 0.833. The van der Waals surface area contributed by atoms with Crippen molar-refractivity contribution in [1.29, 1.82) is 0 Å². The fourth-order valence-electron chi connectivity index (χ4n) is 5.49. The smallest absolute Gasteiger partial charge is 0.475 e. The van der Waals surface area contributed by atoms with E-state index >= 15 is 0 Å². The third-order valence-corrected chi connectivity index (χ3v) is 8.47. The van der Waals surface area contributed by atoms with Crippen molar-refractivity contribution < 1.29 is 59.1 Å². The third-order valence-electron chi connectivity index (χ3n) is 7.72. The highest BCUT2D eigenvalue weighted by atomic mass is 32.3. The molecule has 3 saturated heterocycles. The van der Waals surface area contributed by atoms with E-state index in [-0.39, 0.29) is 25.1 Å². The van der Waals surface area contributed by atoms with E-state index < -0.39 is 58.7 Å². The molecule has 2 atom stereocenters. The molecule has 3 aliphatic heterocycles. The molecule has 3 heterocycles. The lowest BCUT2D eigenvalue weighted by Crippen LogP contribution is -2.53. The van der Waals surface area contributed by atoms with Crippen molar-refractivity contribution in [3.05, 3.63) is 0 Å². The SMILES string of the molecule is CCOC(=O)C1(COS(=O)(=O)ON2C(=O)N3C[C@H]2CC[C@H]3C(=O)NC2CCNCC2)CCCCC1.O=C(O)C(F)(F)F. The number of esters is 1. The molecule has 14 nitrogen and oxygen atoms in total. The largest absolute Gasteiger partial charge is 0.490 e. The number of carboxylic acid groups (broad SMARTS) is 1. The van der Waals surface area contributed by atoms with Gasteiger partial charge in [-0.05, 0) is 58.5 Å². The average molecular weight is 631 g/mol. The zero-order valence-corrected chi connectivity index (χ0v) is 24.0. The maximum absolute atomic E-state index is 13.0. The van der Waals surface area contributed by atoms with Crippen molar-refractivity contribution in [2.75, 3.05) is 32.8 Å². The Morgan fingerprint density at radius 1 is 1.10 bits per heavy atom. The topological polar surface area (TPSA) is 181 Å². The summed E-state index contributed by atoms with van der Waals surface area (Å²) >= 11 is 0. The van der Waals surface area contributed by atoms with E-state index in [4.69, 9.17) is 23.1 Å². The number of amides is 3. The highest BCUT2D eigenvalue weighted by molar-refractivity contribution is 7.81. The van der Waals surface area contributed by atoms with Crippen molar-refractivity contribution in [2.45, 2.75) is 89.0 Å². The second-order valence-electron chi connectivity index (χ2n) is 10.6. The number of urea groups is 1. The number of hydrogen-bond acceptors (Lipinski definition) is 10. The number of nitrogens with one attached hydrogen (secondary N) is 2. The van der Waals surface area contributed by atoms with Crippen LogP contribution < -0.4 is 10.6 Å². The van der Waals surface area contributed by atoms with Gasteiger partial charge in [-0.15, -0.1) is 4.28 Å². The summed E-state index contributed by atoms with van der Waals surface area (Å²) in [5.41, 5.74) is -1.04. The van der Waals surface area contributed by atoms with E-state index in [2.05, 4.69) is 10.6 Å². The molecule has 42 heavy (non-hydrogen) atoms. The molecule has 1 aliphatic carbocycles. The van der Waals surface area contributed by atoms with Gasteiger partial charge in [-0.1, -0.05) is 19.3 Å². The maximum Gasteiger partial charge on any atom is 0.490 e. The van der Waals surface area contributed by atoms with Crippen LogP contribution in [0.1, 0.15) is 64.7 Å². The molecule has 4 aliphatic rings. The first-order chi connectivity index (χ1) is 19.7. The zero-order chi connectivity index (χ0) is 31.1. The Bertz CT molecular complexity index is 1090. The number of halogens is 3. The molecule has 4 fully saturated rings. The standard InChI is InChI=1S/C22H36N4O8S.C2HF3O2/c1-2-32-20(28)22(10-4-3-5-11-22)15-33-35(30,31)34-26-17-6-7-18(25(14-17)21(26)29)19(27)24-16-8-12-23-13-9-16;3-2(4,5)1(6)7/h16-18,23H,2-15H2,1H3,(H,24,27);(H,6,7)/t17-,18+;/m1./s1. The van der Waals surface area contributed by atoms with E-state index in [1.54, 1.807) is 6.92 Å². The van der Waals surface area contributed by atoms with Gasteiger partial charge in [-0.2, -0.15) is 26.7 Å². The Morgan fingerprint density at radius 3 is 2.29 bits per heavy atom. The van der Waals surface area contributed by atoms with E-state index in [1.807, 2.05) is 0 Å². The quantitative estimate of drug-likeness (QED) is 0.314. The number of ether oxygens (including phenoxy) is 1. The molecule has 18 heteroatoms. The first kappa shape index (κ1) is 33.8. The summed E-state index contributed by atoms with van der Waals surface area (Å²) in [6.07, 6.45) is 0.839. The van der Waals surface area contributed by atoms with Crippen molar-refractivity contribution in [3.63, 3.8) is 0 Å². The molecular weight excluding hydrogens is 593 g/mol. The molecule has 0 unspecified atom stereocenters. The van der Waals surface area contributed by atoms with Gasteiger partial charge >= 0.3 is 34.5 Å². The van der Waals surface area contributed by atoms with Crippen molar-refractivity contribution in [3.8, 4) is 0 Å². The molecular formula is C24H37F3N4O10S. The van der Waals surface area contributed by atoms with Crippen LogP contribution in [0, 0.1) is 5.41 Å². The first-order valence-electron chi connectivity index (χ1n) is 13.9. The maximum atomic E-state index is 13.0. The second-order valence-corrected chi connectivity index (χ2v) is 11.9. The molecule has 0 aromatic rings. The summed E-state index contributed by atoms with van der Waals surface area (Å²) in [5, 5.41) is 14.2.